The maximum absolute atomic E-state index is 13.5. The normalized spacial score (nSPS) is 11.0. The fraction of sp³-hybridized carbons (Fsp3) is 0.182. The number of ether oxygens (including phenoxy) is 4. The smallest absolute Gasteiger partial charge is 0.162 e. The number of fused-ring (bicyclic) bond motifs is 3. The van der Waals surface area contributed by atoms with E-state index in [0.29, 0.717) is 23.0 Å². The Morgan fingerprint density at radius 2 is 1.00 bits per heavy atom. The van der Waals surface area contributed by atoms with Gasteiger partial charge in [-0.2, -0.15) is 0 Å². The monoisotopic (exact) mass is 381 g/mol. The van der Waals surface area contributed by atoms with Gasteiger partial charge in [0, 0.05) is 28.6 Å². The number of benzene rings is 3. The molecule has 0 bridgehead atoms. The third kappa shape index (κ3) is 2.69. The van der Waals surface area contributed by atoms with Crippen LogP contribution in [0.3, 0.4) is 0 Å². The number of halogens is 1. The molecule has 0 N–H and O–H groups in total. The molecular weight excluding hydrogens is 361 g/mol. The molecule has 0 fully saturated rings. The molecule has 0 aliphatic heterocycles. The van der Waals surface area contributed by atoms with Crippen molar-refractivity contribution in [1.29, 1.82) is 0 Å². The molecule has 0 amide bonds. The Hall–Kier alpha value is -3.41. The van der Waals surface area contributed by atoms with E-state index in [9.17, 15) is 4.39 Å². The van der Waals surface area contributed by atoms with E-state index in [1.54, 1.807) is 40.6 Å². The number of nitrogens with zero attached hydrogens (tertiary/aromatic N) is 1. The van der Waals surface area contributed by atoms with Crippen LogP contribution in [0.4, 0.5) is 4.39 Å². The summed E-state index contributed by atoms with van der Waals surface area (Å²) in [6.45, 7) is 0. The molecule has 4 rings (SSSR count). The van der Waals surface area contributed by atoms with Gasteiger partial charge in [0.1, 0.15) is 5.82 Å². The molecule has 3 aromatic carbocycles. The first kappa shape index (κ1) is 18.0. The molecule has 0 spiro atoms. The Kier molecular flexibility index (Phi) is 4.47. The van der Waals surface area contributed by atoms with Crippen LogP contribution in [0.5, 0.6) is 23.0 Å². The SMILES string of the molecule is COc1cc2c3cc(OC)c(OC)cc3n(-c3ccc(F)cc3)c2cc1OC. The molecule has 144 valence electrons. The third-order valence-electron chi connectivity index (χ3n) is 4.86. The van der Waals surface area contributed by atoms with E-state index in [0.717, 1.165) is 27.5 Å². The second-order valence-electron chi connectivity index (χ2n) is 6.26. The van der Waals surface area contributed by atoms with Crippen molar-refractivity contribution in [2.45, 2.75) is 0 Å². The summed E-state index contributed by atoms with van der Waals surface area (Å²) in [5.41, 5.74) is 2.62. The average Bonchev–Trinajstić information content (AvgIpc) is 3.04. The van der Waals surface area contributed by atoms with Crippen LogP contribution in [0.25, 0.3) is 27.5 Å². The largest absolute Gasteiger partial charge is 0.493 e. The van der Waals surface area contributed by atoms with Crippen molar-refractivity contribution in [3.05, 3.63) is 54.3 Å². The van der Waals surface area contributed by atoms with Gasteiger partial charge in [0.2, 0.25) is 0 Å². The molecule has 4 aromatic rings. The highest BCUT2D eigenvalue weighted by atomic mass is 19.1. The van der Waals surface area contributed by atoms with E-state index in [4.69, 9.17) is 18.9 Å². The molecule has 5 nitrogen and oxygen atoms in total. The summed E-state index contributed by atoms with van der Waals surface area (Å²) in [7, 11) is 6.40. The molecule has 0 aliphatic carbocycles. The Morgan fingerprint density at radius 1 is 0.607 bits per heavy atom. The summed E-state index contributed by atoms with van der Waals surface area (Å²) in [4.78, 5) is 0. The number of hydrogen-bond acceptors (Lipinski definition) is 4. The Morgan fingerprint density at radius 3 is 1.39 bits per heavy atom. The van der Waals surface area contributed by atoms with Crippen LogP contribution in [0, 0.1) is 5.82 Å². The molecule has 0 radical (unpaired) electrons. The van der Waals surface area contributed by atoms with Crippen LogP contribution in [-0.2, 0) is 0 Å². The first-order chi connectivity index (χ1) is 13.6. The van der Waals surface area contributed by atoms with Crippen molar-refractivity contribution < 1.29 is 23.3 Å². The third-order valence-corrected chi connectivity index (χ3v) is 4.86. The summed E-state index contributed by atoms with van der Waals surface area (Å²) in [6, 6.07) is 14.0. The lowest BCUT2D eigenvalue weighted by molar-refractivity contribution is 0.355. The Labute approximate surface area is 161 Å². The van der Waals surface area contributed by atoms with Gasteiger partial charge in [-0.25, -0.2) is 4.39 Å². The lowest BCUT2D eigenvalue weighted by atomic mass is 10.1. The van der Waals surface area contributed by atoms with E-state index >= 15 is 0 Å². The minimum absolute atomic E-state index is 0.289. The number of rotatable bonds is 5. The summed E-state index contributed by atoms with van der Waals surface area (Å²) < 4.78 is 37.5. The van der Waals surface area contributed by atoms with Gasteiger partial charge in [0.05, 0.1) is 39.5 Å². The van der Waals surface area contributed by atoms with E-state index in [1.807, 2.05) is 28.8 Å². The summed E-state index contributed by atoms with van der Waals surface area (Å²) in [5.74, 6) is 2.19. The maximum atomic E-state index is 13.5. The minimum Gasteiger partial charge on any atom is -0.493 e. The molecule has 6 heteroatoms. The lowest BCUT2D eigenvalue weighted by Gasteiger charge is -2.11. The summed E-state index contributed by atoms with van der Waals surface area (Å²) >= 11 is 0. The van der Waals surface area contributed by atoms with Crippen molar-refractivity contribution in [2.24, 2.45) is 0 Å². The Balaban J connectivity index is 2.17. The fourth-order valence-corrected chi connectivity index (χ4v) is 3.54. The zero-order valence-corrected chi connectivity index (χ0v) is 16.1. The van der Waals surface area contributed by atoms with Crippen molar-refractivity contribution >= 4 is 21.8 Å². The van der Waals surface area contributed by atoms with Crippen molar-refractivity contribution in [3.63, 3.8) is 0 Å². The maximum Gasteiger partial charge on any atom is 0.162 e. The highest BCUT2D eigenvalue weighted by molar-refractivity contribution is 6.11. The van der Waals surface area contributed by atoms with E-state index in [1.165, 1.54) is 12.1 Å². The van der Waals surface area contributed by atoms with Gasteiger partial charge in [-0.3, -0.25) is 0 Å². The van der Waals surface area contributed by atoms with Gasteiger partial charge in [0.25, 0.3) is 0 Å². The van der Waals surface area contributed by atoms with Crippen LogP contribution in [0.15, 0.2) is 48.5 Å². The van der Waals surface area contributed by atoms with Gasteiger partial charge in [-0.15, -0.1) is 0 Å². The molecule has 0 saturated carbocycles. The highest BCUT2D eigenvalue weighted by Crippen LogP contribution is 2.42. The summed E-state index contributed by atoms with van der Waals surface area (Å²) in [6.07, 6.45) is 0. The van der Waals surface area contributed by atoms with Crippen molar-refractivity contribution in [2.75, 3.05) is 28.4 Å². The van der Waals surface area contributed by atoms with E-state index < -0.39 is 0 Å². The zero-order chi connectivity index (χ0) is 19.8. The zero-order valence-electron chi connectivity index (χ0n) is 16.1. The molecule has 1 aromatic heterocycles. The van der Waals surface area contributed by atoms with Crippen LogP contribution in [0.2, 0.25) is 0 Å². The lowest BCUT2D eigenvalue weighted by Crippen LogP contribution is -1.96. The standard InChI is InChI=1S/C22H20FNO4/c1-25-19-9-15-16-10-20(26-2)22(28-4)12-18(16)24(17(15)11-21(19)27-3)14-7-5-13(23)6-8-14/h5-12H,1-4H3. The van der Waals surface area contributed by atoms with Gasteiger partial charge in [-0.1, -0.05) is 0 Å². The molecule has 28 heavy (non-hydrogen) atoms. The van der Waals surface area contributed by atoms with E-state index in [2.05, 4.69) is 0 Å². The van der Waals surface area contributed by atoms with Crippen LogP contribution < -0.4 is 18.9 Å². The fourth-order valence-electron chi connectivity index (χ4n) is 3.54. The molecule has 0 aliphatic rings. The highest BCUT2D eigenvalue weighted by Gasteiger charge is 2.19. The molecule has 0 atom stereocenters. The predicted octanol–water partition coefficient (Wildman–Crippen LogP) is 4.96. The number of hydrogen-bond donors (Lipinski definition) is 0. The predicted molar refractivity (Wildman–Crippen MR) is 107 cm³/mol. The van der Waals surface area contributed by atoms with E-state index in [-0.39, 0.29) is 5.82 Å². The van der Waals surface area contributed by atoms with Crippen molar-refractivity contribution in [1.82, 2.24) is 4.57 Å². The van der Waals surface area contributed by atoms with Crippen molar-refractivity contribution in [3.8, 4) is 28.7 Å². The molecule has 0 unspecified atom stereocenters. The first-order valence-electron chi connectivity index (χ1n) is 8.69. The Bertz CT molecular complexity index is 1100. The van der Waals surface area contributed by atoms with Crippen LogP contribution in [0.1, 0.15) is 0 Å². The van der Waals surface area contributed by atoms with Crippen LogP contribution in [-0.4, -0.2) is 33.0 Å². The van der Waals surface area contributed by atoms with Gasteiger partial charge < -0.3 is 23.5 Å². The quantitative estimate of drug-likeness (QED) is 0.490. The van der Waals surface area contributed by atoms with Gasteiger partial charge in [-0.05, 0) is 36.4 Å². The second-order valence-corrected chi connectivity index (χ2v) is 6.26. The molecular formula is C22H20FNO4. The van der Waals surface area contributed by atoms with Gasteiger partial charge >= 0.3 is 0 Å². The minimum atomic E-state index is -0.289. The van der Waals surface area contributed by atoms with Gasteiger partial charge in [0.15, 0.2) is 23.0 Å². The molecule has 0 saturated heterocycles. The topological polar surface area (TPSA) is 41.9 Å². The number of methoxy groups -OCH3 is 4. The molecule has 1 heterocycles. The number of aromatic nitrogens is 1. The summed E-state index contributed by atoms with van der Waals surface area (Å²) in [5, 5.41) is 1.91. The second kappa shape index (κ2) is 6.96. The van der Waals surface area contributed by atoms with Crippen LogP contribution >= 0.6 is 0 Å². The average molecular weight is 381 g/mol. The first-order valence-corrected chi connectivity index (χ1v) is 8.69.